The van der Waals surface area contributed by atoms with Crippen molar-refractivity contribution in [2.24, 2.45) is 11.8 Å². The molecule has 1 saturated heterocycles. The minimum Gasteiger partial charge on any atom is -0.491 e. The van der Waals surface area contributed by atoms with Crippen molar-refractivity contribution in [3.05, 3.63) is 24.5 Å². The predicted octanol–water partition coefficient (Wildman–Crippen LogP) is 1.20. The minimum atomic E-state index is -0.213. The molecule has 0 N–H and O–H groups in total. The van der Waals surface area contributed by atoms with Crippen LogP contribution in [0.1, 0.15) is 6.42 Å². The Hall–Kier alpha value is -1.62. The van der Waals surface area contributed by atoms with Crippen molar-refractivity contribution in [3.63, 3.8) is 0 Å². The van der Waals surface area contributed by atoms with Gasteiger partial charge in [-0.05, 0) is 38.1 Å². The molecule has 1 aromatic rings. The number of likely N-dealkylation sites (tertiary alicyclic amines) is 1. The number of carbonyl (C=O) groups excluding carboxylic acids is 1. The summed E-state index contributed by atoms with van der Waals surface area (Å²) in [7, 11) is 3.49. The maximum Gasteiger partial charge on any atom is 0.312 e. The average molecular weight is 264 g/mol. The highest BCUT2D eigenvalue weighted by atomic mass is 16.5. The molecule has 1 aliphatic rings. The highest BCUT2D eigenvalue weighted by molar-refractivity contribution is 5.73. The number of pyridine rings is 1. The Labute approximate surface area is 113 Å². The number of methoxy groups -OCH3 is 1. The van der Waals surface area contributed by atoms with E-state index in [4.69, 9.17) is 9.47 Å². The average Bonchev–Trinajstić information content (AvgIpc) is 2.86. The number of aromatic nitrogens is 1. The summed E-state index contributed by atoms with van der Waals surface area (Å²) < 4.78 is 10.6. The van der Waals surface area contributed by atoms with Gasteiger partial charge in [0.2, 0.25) is 0 Å². The first-order chi connectivity index (χ1) is 9.20. The van der Waals surface area contributed by atoms with Crippen LogP contribution in [0.2, 0.25) is 0 Å². The summed E-state index contributed by atoms with van der Waals surface area (Å²) in [6.45, 7) is 2.28. The van der Waals surface area contributed by atoms with Crippen molar-refractivity contribution in [2.75, 3.05) is 33.9 Å². The van der Waals surface area contributed by atoms with Gasteiger partial charge in [-0.3, -0.25) is 9.78 Å². The normalized spacial score (nSPS) is 21.1. The maximum atomic E-state index is 11.9. The van der Waals surface area contributed by atoms with Gasteiger partial charge < -0.3 is 14.4 Å². The highest BCUT2D eigenvalue weighted by Gasteiger charge is 2.34. The van der Waals surface area contributed by atoms with E-state index >= 15 is 0 Å². The third kappa shape index (κ3) is 3.67. The Morgan fingerprint density at radius 1 is 1.63 bits per heavy atom. The van der Waals surface area contributed by atoms with Gasteiger partial charge in [-0.1, -0.05) is 0 Å². The zero-order chi connectivity index (χ0) is 13.7. The molecule has 0 radical (unpaired) electrons. The lowest BCUT2D eigenvalue weighted by atomic mass is 9.92. The summed E-state index contributed by atoms with van der Waals surface area (Å²) in [4.78, 5) is 18.1. The van der Waals surface area contributed by atoms with Crippen molar-refractivity contribution in [1.29, 1.82) is 0 Å². The third-order valence-corrected chi connectivity index (χ3v) is 3.56. The van der Waals surface area contributed by atoms with Gasteiger partial charge in [0.05, 0.1) is 19.2 Å². The molecule has 5 nitrogen and oxygen atoms in total. The summed E-state index contributed by atoms with van der Waals surface area (Å²) in [6, 6.07) is 3.65. The molecule has 1 aliphatic heterocycles. The van der Waals surface area contributed by atoms with Crippen LogP contribution < -0.4 is 4.74 Å². The molecule has 2 rings (SSSR count). The standard InChI is InChI=1S/C14H20N2O3/c1-16-7-5-11(9-16)13(14(17)18-2)10-19-12-4-3-6-15-8-12/h3-4,6,8,11,13H,5,7,9-10H2,1-2H3. The molecule has 2 heterocycles. The fourth-order valence-corrected chi connectivity index (χ4v) is 2.46. The van der Waals surface area contributed by atoms with Crippen LogP contribution in [0.25, 0.3) is 0 Å². The van der Waals surface area contributed by atoms with Gasteiger partial charge in [-0.25, -0.2) is 0 Å². The summed E-state index contributed by atoms with van der Waals surface area (Å²) in [5, 5.41) is 0. The van der Waals surface area contributed by atoms with E-state index in [9.17, 15) is 4.79 Å². The van der Waals surface area contributed by atoms with E-state index in [1.54, 1.807) is 12.4 Å². The van der Waals surface area contributed by atoms with Crippen LogP contribution in [0.5, 0.6) is 5.75 Å². The fraction of sp³-hybridized carbons (Fsp3) is 0.571. The van der Waals surface area contributed by atoms with Gasteiger partial charge >= 0.3 is 5.97 Å². The Bertz CT molecular complexity index is 410. The Kier molecular flexibility index (Phi) is 4.74. The van der Waals surface area contributed by atoms with E-state index in [1.165, 1.54) is 7.11 Å². The molecule has 0 amide bonds. The van der Waals surface area contributed by atoms with Crippen LogP contribution in [0.3, 0.4) is 0 Å². The summed E-state index contributed by atoms with van der Waals surface area (Å²) in [5.41, 5.74) is 0. The molecule has 0 spiro atoms. The molecule has 1 aromatic heterocycles. The van der Waals surface area contributed by atoms with Gasteiger partial charge in [0.25, 0.3) is 0 Å². The molecule has 2 unspecified atom stereocenters. The minimum absolute atomic E-state index is 0.191. The van der Waals surface area contributed by atoms with Crippen LogP contribution in [0.4, 0.5) is 0 Å². The van der Waals surface area contributed by atoms with Crippen LogP contribution in [-0.4, -0.2) is 49.7 Å². The number of carbonyl (C=O) groups is 1. The molecule has 5 heteroatoms. The molecule has 0 aromatic carbocycles. The van der Waals surface area contributed by atoms with Crippen molar-refractivity contribution in [1.82, 2.24) is 9.88 Å². The largest absolute Gasteiger partial charge is 0.491 e. The van der Waals surface area contributed by atoms with E-state index in [-0.39, 0.29) is 11.9 Å². The van der Waals surface area contributed by atoms with Crippen LogP contribution >= 0.6 is 0 Å². The first kappa shape index (κ1) is 13.8. The Balaban J connectivity index is 1.96. The zero-order valence-corrected chi connectivity index (χ0v) is 11.4. The molecule has 19 heavy (non-hydrogen) atoms. The fourth-order valence-electron chi connectivity index (χ4n) is 2.46. The van der Waals surface area contributed by atoms with Gasteiger partial charge in [0.1, 0.15) is 12.4 Å². The number of hydrogen-bond donors (Lipinski definition) is 0. The number of esters is 1. The first-order valence-corrected chi connectivity index (χ1v) is 6.50. The van der Waals surface area contributed by atoms with Gasteiger partial charge in [-0.15, -0.1) is 0 Å². The van der Waals surface area contributed by atoms with Crippen LogP contribution in [-0.2, 0) is 9.53 Å². The molecule has 104 valence electrons. The number of hydrogen-bond acceptors (Lipinski definition) is 5. The van der Waals surface area contributed by atoms with Crippen LogP contribution in [0, 0.1) is 11.8 Å². The van der Waals surface area contributed by atoms with Gasteiger partial charge in [-0.2, -0.15) is 0 Å². The van der Waals surface area contributed by atoms with Crippen LogP contribution in [0.15, 0.2) is 24.5 Å². The van der Waals surface area contributed by atoms with E-state index < -0.39 is 0 Å². The molecule has 2 atom stereocenters. The molecule has 1 fully saturated rings. The smallest absolute Gasteiger partial charge is 0.312 e. The second kappa shape index (κ2) is 6.52. The zero-order valence-electron chi connectivity index (χ0n) is 11.4. The predicted molar refractivity (Wildman–Crippen MR) is 70.8 cm³/mol. The lowest BCUT2D eigenvalue weighted by Gasteiger charge is -2.21. The lowest BCUT2D eigenvalue weighted by Crippen LogP contribution is -2.32. The number of nitrogens with zero attached hydrogens (tertiary/aromatic N) is 2. The monoisotopic (exact) mass is 264 g/mol. The second-order valence-corrected chi connectivity index (χ2v) is 4.94. The summed E-state index contributed by atoms with van der Waals surface area (Å²) in [5.74, 6) is 0.580. The number of ether oxygens (including phenoxy) is 2. The van der Waals surface area contributed by atoms with Crippen molar-refractivity contribution >= 4 is 5.97 Å². The SMILES string of the molecule is COC(=O)C(COc1cccnc1)C1CCN(C)C1. The Morgan fingerprint density at radius 2 is 2.47 bits per heavy atom. The van der Waals surface area contributed by atoms with E-state index in [2.05, 4.69) is 16.9 Å². The molecule has 0 saturated carbocycles. The van der Waals surface area contributed by atoms with Crippen molar-refractivity contribution < 1.29 is 14.3 Å². The Morgan fingerprint density at radius 3 is 3.05 bits per heavy atom. The summed E-state index contributed by atoms with van der Waals surface area (Å²) in [6.07, 6.45) is 4.35. The number of rotatable bonds is 5. The third-order valence-electron chi connectivity index (χ3n) is 3.56. The van der Waals surface area contributed by atoms with E-state index in [0.717, 1.165) is 19.5 Å². The molecular formula is C14H20N2O3. The van der Waals surface area contributed by atoms with Crippen molar-refractivity contribution in [2.45, 2.75) is 6.42 Å². The van der Waals surface area contributed by atoms with Gasteiger partial charge in [0.15, 0.2) is 0 Å². The molecular weight excluding hydrogens is 244 g/mol. The van der Waals surface area contributed by atoms with Gasteiger partial charge in [0, 0.05) is 12.7 Å². The molecule has 0 aliphatic carbocycles. The quantitative estimate of drug-likeness (QED) is 0.748. The summed E-state index contributed by atoms with van der Waals surface area (Å²) >= 11 is 0. The van der Waals surface area contributed by atoms with E-state index in [1.807, 2.05) is 12.1 Å². The second-order valence-electron chi connectivity index (χ2n) is 4.94. The highest BCUT2D eigenvalue weighted by Crippen LogP contribution is 2.25. The lowest BCUT2D eigenvalue weighted by molar-refractivity contribution is -0.148. The topological polar surface area (TPSA) is 51.7 Å². The van der Waals surface area contributed by atoms with Crippen molar-refractivity contribution in [3.8, 4) is 5.75 Å². The maximum absolute atomic E-state index is 11.9. The molecule has 0 bridgehead atoms. The van der Waals surface area contributed by atoms with E-state index in [0.29, 0.717) is 18.3 Å². The first-order valence-electron chi connectivity index (χ1n) is 6.50.